The molecule has 2 unspecified atom stereocenters. The highest BCUT2D eigenvalue weighted by Crippen LogP contribution is 2.40. The van der Waals surface area contributed by atoms with Crippen LogP contribution in [0.15, 0.2) is 24.3 Å². The summed E-state index contributed by atoms with van der Waals surface area (Å²) in [4.78, 5) is 0. The average Bonchev–Trinajstić information content (AvgIpc) is 2.66. The van der Waals surface area contributed by atoms with E-state index in [-0.39, 0.29) is 6.04 Å². The molecule has 0 bridgehead atoms. The minimum Gasteiger partial charge on any atom is -0.352 e. The van der Waals surface area contributed by atoms with Crippen molar-refractivity contribution in [2.45, 2.75) is 32.4 Å². The molecule has 0 aliphatic carbocycles. The molecule has 0 aromatic heterocycles. The van der Waals surface area contributed by atoms with Gasteiger partial charge in [-0.05, 0) is 13.8 Å². The lowest BCUT2D eigenvalue weighted by Gasteiger charge is -2.26. The van der Waals surface area contributed by atoms with Crippen LogP contribution in [0.5, 0.6) is 0 Å². The number of hydrogen-bond donors (Lipinski definition) is 1. The predicted molar refractivity (Wildman–Crippen MR) is 58.8 cm³/mol. The van der Waals surface area contributed by atoms with Gasteiger partial charge in [0.2, 0.25) is 0 Å². The van der Waals surface area contributed by atoms with Crippen LogP contribution in [0.25, 0.3) is 0 Å². The molecule has 0 radical (unpaired) electrons. The molecule has 88 valence electrons. The molecule has 1 aliphatic rings. The molecule has 1 aromatic carbocycles. The van der Waals surface area contributed by atoms with Crippen LogP contribution in [0.2, 0.25) is 0 Å². The van der Waals surface area contributed by atoms with Crippen molar-refractivity contribution < 1.29 is 14.7 Å². The largest absolute Gasteiger partial charge is 0.352 e. The molecule has 2 atom stereocenters. The van der Waals surface area contributed by atoms with Crippen LogP contribution in [-0.2, 0) is 9.47 Å². The number of hydrogen-bond acceptors (Lipinski definition) is 4. The fraction of sp³-hybridized carbons (Fsp3) is 0.500. The van der Waals surface area contributed by atoms with Crippen LogP contribution in [0.3, 0.4) is 0 Å². The summed E-state index contributed by atoms with van der Waals surface area (Å²) in [6.45, 7) is 3.82. The molecule has 1 aromatic rings. The van der Waals surface area contributed by atoms with Gasteiger partial charge >= 0.3 is 0 Å². The number of ether oxygens (including phenoxy) is 2. The highest BCUT2D eigenvalue weighted by Gasteiger charge is 2.35. The summed E-state index contributed by atoms with van der Waals surface area (Å²) in [6.07, 6.45) is -0.837. The monoisotopic (exact) mass is 223 g/mol. The van der Waals surface area contributed by atoms with Gasteiger partial charge in [-0.1, -0.05) is 24.3 Å². The summed E-state index contributed by atoms with van der Waals surface area (Å²) >= 11 is 0. The molecule has 0 fully saturated rings. The van der Waals surface area contributed by atoms with Gasteiger partial charge in [-0.2, -0.15) is 5.06 Å². The molecule has 0 spiro atoms. The third kappa shape index (κ3) is 1.85. The van der Waals surface area contributed by atoms with Gasteiger partial charge in [-0.3, -0.25) is 0 Å². The Kier molecular flexibility index (Phi) is 3.25. The van der Waals surface area contributed by atoms with Crippen LogP contribution in [0.1, 0.15) is 37.5 Å². The first-order valence-electron chi connectivity index (χ1n) is 5.39. The molecule has 4 nitrogen and oxygen atoms in total. The summed E-state index contributed by atoms with van der Waals surface area (Å²) in [6, 6.07) is 7.77. The molecule has 1 heterocycles. The standard InChI is InChI=1S/C12H17NO3/c1-8(2)13(14)11-9-6-4-5-7-10(9)12(15-3)16-11/h4-8,11-12,14H,1-3H3. The first kappa shape index (κ1) is 11.5. The fourth-order valence-electron chi connectivity index (χ4n) is 1.87. The second-order valence-electron chi connectivity index (χ2n) is 4.16. The van der Waals surface area contributed by atoms with E-state index in [0.717, 1.165) is 11.1 Å². The maximum atomic E-state index is 9.94. The second-order valence-corrected chi connectivity index (χ2v) is 4.16. The Morgan fingerprint density at radius 2 is 1.94 bits per heavy atom. The smallest absolute Gasteiger partial charge is 0.186 e. The Morgan fingerprint density at radius 1 is 1.31 bits per heavy atom. The summed E-state index contributed by atoms with van der Waals surface area (Å²) in [7, 11) is 1.60. The van der Waals surface area contributed by atoms with Gasteiger partial charge in [0.25, 0.3) is 0 Å². The Balaban J connectivity index is 2.32. The first-order chi connectivity index (χ1) is 7.65. The summed E-state index contributed by atoms with van der Waals surface area (Å²) < 4.78 is 10.9. The van der Waals surface area contributed by atoms with Crippen LogP contribution in [0, 0.1) is 0 Å². The van der Waals surface area contributed by atoms with Crippen molar-refractivity contribution in [1.29, 1.82) is 0 Å². The molecule has 2 rings (SSSR count). The van der Waals surface area contributed by atoms with Crippen molar-refractivity contribution in [2.75, 3.05) is 7.11 Å². The average molecular weight is 223 g/mol. The van der Waals surface area contributed by atoms with Crippen LogP contribution < -0.4 is 0 Å². The molecule has 0 saturated heterocycles. The van der Waals surface area contributed by atoms with Gasteiger partial charge in [0, 0.05) is 24.3 Å². The maximum Gasteiger partial charge on any atom is 0.186 e. The van der Waals surface area contributed by atoms with Gasteiger partial charge in [0.15, 0.2) is 12.5 Å². The van der Waals surface area contributed by atoms with Crippen molar-refractivity contribution in [1.82, 2.24) is 5.06 Å². The topological polar surface area (TPSA) is 41.9 Å². The molecule has 0 saturated carbocycles. The third-order valence-corrected chi connectivity index (χ3v) is 2.75. The van der Waals surface area contributed by atoms with Gasteiger partial charge in [0.1, 0.15) is 0 Å². The Morgan fingerprint density at radius 3 is 2.50 bits per heavy atom. The zero-order valence-electron chi connectivity index (χ0n) is 9.75. The van der Waals surface area contributed by atoms with E-state index in [2.05, 4.69) is 0 Å². The van der Waals surface area contributed by atoms with Gasteiger partial charge in [-0.15, -0.1) is 0 Å². The SMILES string of the molecule is COC1OC(N(O)C(C)C)c2ccccc21. The van der Waals surface area contributed by atoms with Gasteiger partial charge < -0.3 is 14.7 Å². The van der Waals surface area contributed by atoms with Crippen molar-refractivity contribution in [3.63, 3.8) is 0 Å². The van der Waals surface area contributed by atoms with E-state index >= 15 is 0 Å². The Bertz CT molecular complexity index is 367. The minimum absolute atomic E-state index is 0.00587. The molecule has 1 N–H and O–H groups in total. The van der Waals surface area contributed by atoms with Crippen LogP contribution in [0.4, 0.5) is 0 Å². The van der Waals surface area contributed by atoms with Crippen molar-refractivity contribution in [3.8, 4) is 0 Å². The maximum absolute atomic E-state index is 9.94. The minimum atomic E-state index is -0.443. The summed E-state index contributed by atoms with van der Waals surface area (Å²) in [5.74, 6) is 0. The van der Waals surface area contributed by atoms with Crippen LogP contribution >= 0.6 is 0 Å². The lowest BCUT2D eigenvalue weighted by Crippen LogP contribution is -2.31. The van der Waals surface area contributed by atoms with E-state index in [9.17, 15) is 5.21 Å². The molecular weight excluding hydrogens is 206 g/mol. The molecule has 16 heavy (non-hydrogen) atoms. The second kappa shape index (κ2) is 4.51. The number of fused-ring (bicyclic) bond motifs is 1. The zero-order valence-corrected chi connectivity index (χ0v) is 9.75. The van der Waals surface area contributed by atoms with Crippen molar-refractivity contribution in [3.05, 3.63) is 35.4 Å². The Hall–Kier alpha value is -0.940. The Labute approximate surface area is 95.4 Å². The van der Waals surface area contributed by atoms with E-state index in [1.165, 1.54) is 5.06 Å². The molecule has 4 heteroatoms. The van der Waals surface area contributed by atoms with Crippen LogP contribution in [-0.4, -0.2) is 23.4 Å². The lowest BCUT2D eigenvalue weighted by molar-refractivity contribution is -0.274. The number of methoxy groups -OCH3 is 1. The van der Waals surface area contributed by atoms with Crippen molar-refractivity contribution in [2.24, 2.45) is 0 Å². The number of rotatable bonds is 3. The first-order valence-corrected chi connectivity index (χ1v) is 5.39. The molecular formula is C12H17NO3. The van der Waals surface area contributed by atoms with Crippen molar-refractivity contribution >= 4 is 0 Å². The van der Waals surface area contributed by atoms with E-state index in [0.29, 0.717) is 0 Å². The van der Waals surface area contributed by atoms with E-state index in [4.69, 9.17) is 9.47 Å². The normalized spacial score (nSPS) is 24.1. The number of hydroxylamine groups is 2. The quantitative estimate of drug-likeness (QED) is 0.799. The number of nitrogens with zero attached hydrogens (tertiary/aromatic N) is 1. The molecule has 1 aliphatic heterocycles. The lowest BCUT2D eigenvalue weighted by atomic mass is 10.1. The highest BCUT2D eigenvalue weighted by atomic mass is 16.7. The summed E-state index contributed by atoms with van der Waals surface area (Å²) in [5.41, 5.74) is 1.94. The summed E-state index contributed by atoms with van der Waals surface area (Å²) in [5, 5.41) is 11.1. The van der Waals surface area contributed by atoms with E-state index in [1.54, 1.807) is 7.11 Å². The third-order valence-electron chi connectivity index (χ3n) is 2.75. The highest BCUT2D eigenvalue weighted by molar-refractivity contribution is 5.32. The zero-order chi connectivity index (χ0) is 11.7. The van der Waals surface area contributed by atoms with E-state index in [1.807, 2.05) is 38.1 Å². The van der Waals surface area contributed by atoms with Gasteiger partial charge in [0.05, 0.1) is 0 Å². The van der Waals surface area contributed by atoms with E-state index < -0.39 is 12.5 Å². The molecule has 0 amide bonds. The number of benzene rings is 1. The predicted octanol–water partition coefficient (Wildman–Crippen LogP) is 2.46. The fourth-order valence-corrected chi connectivity index (χ4v) is 1.87. The van der Waals surface area contributed by atoms with Gasteiger partial charge in [-0.25, -0.2) is 0 Å².